The van der Waals surface area contributed by atoms with E-state index in [0.717, 1.165) is 0 Å². The molecule has 0 fully saturated rings. The van der Waals surface area contributed by atoms with Gasteiger partial charge in [-0.15, -0.1) is 0 Å². The lowest BCUT2D eigenvalue weighted by Crippen LogP contribution is -2.61. The number of fused-ring (bicyclic) bond motifs is 12. The van der Waals surface area contributed by atoms with Crippen LogP contribution < -0.4 is 16.4 Å². The smallest absolute Gasteiger partial charge is 0.256 e. The van der Waals surface area contributed by atoms with Gasteiger partial charge in [0.05, 0.1) is 33.1 Å². The van der Waals surface area contributed by atoms with E-state index in [4.69, 9.17) is 0 Å². The number of benzene rings is 5. The quantitative estimate of drug-likeness (QED) is 0.186. The van der Waals surface area contributed by atoms with Crippen molar-refractivity contribution in [3.05, 3.63) is 103 Å². The van der Waals surface area contributed by atoms with Crippen LogP contribution in [0.25, 0.3) is 77.7 Å². The Morgan fingerprint density at radius 3 is 2.14 bits per heavy atom. The van der Waals surface area contributed by atoms with Crippen molar-refractivity contribution in [3.63, 3.8) is 0 Å². The Labute approximate surface area is 247 Å². The molecule has 0 spiro atoms. The van der Waals surface area contributed by atoms with Crippen LogP contribution in [-0.4, -0.2) is 24.6 Å². The molecule has 0 saturated carbocycles. The Hall–Kier alpha value is -5.16. The summed E-state index contributed by atoms with van der Waals surface area (Å²) >= 11 is 0. The van der Waals surface area contributed by atoms with Crippen LogP contribution in [-0.2, 0) is 5.41 Å². The van der Waals surface area contributed by atoms with Gasteiger partial charge in [0.25, 0.3) is 6.71 Å². The molecule has 0 radical (unpaired) electrons. The van der Waals surface area contributed by atoms with Crippen molar-refractivity contribution in [2.75, 3.05) is 0 Å². The molecular weight excluding hydrogens is 523 g/mol. The van der Waals surface area contributed by atoms with E-state index in [1.165, 1.54) is 99.6 Å². The van der Waals surface area contributed by atoms with Crippen molar-refractivity contribution in [2.45, 2.75) is 26.2 Å². The molecule has 0 N–H and O–H groups in total. The van der Waals surface area contributed by atoms with Gasteiger partial charge in [-0.3, -0.25) is 17.9 Å². The Morgan fingerprint density at radius 1 is 0.558 bits per heavy atom. The SMILES string of the molecule is CC(C)(C)c1cc2c3c(c1)-n1c4ccccc4n4c5cccc6c5c(c14)B3c1c-6ccc3c1n-2c1cc2ccccc2n31. The second kappa shape index (κ2) is 6.42. The fourth-order valence-electron chi connectivity index (χ4n) is 9.13. The zero-order valence-electron chi connectivity index (χ0n) is 24.1. The Balaban J connectivity index is 1.44. The third-order valence-corrected chi connectivity index (χ3v) is 10.8. The van der Waals surface area contributed by atoms with Gasteiger partial charge in [0.1, 0.15) is 11.3 Å². The van der Waals surface area contributed by atoms with E-state index in [0.29, 0.717) is 0 Å². The second-order valence-electron chi connectivity index (χ2n) is 13.8. The first kappa shape index (κ1) is 21.5. The molecule has 0 saturated heterocycles. The molecule has 3 aliphatic heterocycles. The minimum atomic E-state index is -0.00508. The normalized spacial score (nSPS) is 14.3. The fraction of sp³-hybridized carbons (Fsp3) is 0.105. The van der Waals surface area contributed by atoms with Gasteiger partial charge in [-0.2, -0.15) is 0 Å². The lowest BCUT2D eigenvalue weighted by atomic mass is 9.32. The van der Waals surface area contributed by atoms with Crippen molar-refractivity contribution in [1.29, 1.82) is 0 Å². The first-order valence-corrected chi connectivity index (χ1v) is 15.3. The maximum atomic E-state index is 2.60. The number of nitrogens with zero attached hydrogens (tertiary/aromatic N) is 4. The molecule has 3 aliphatic rings. The Morgan fingerprint density at radius 2 is 1.30 bits per heavy atom. The number of imidazole rings is 2. The van der Waals surface area contributed by atoms with Crippen LogP contribution >= 0.6 is 0 Å². The van der Waals surface area contributed by atoms with Gasteiger partial charge in [0.15, 0.2) is 0 Å². The maximum absolute atomic E-state index is 2.60. The minimum absolute atomic E-state index is 0.00508. The van der Waals surface area contributed by atoms with E-state index in [1.807, 2.05) is 0 Å². The molecule has 0 aliphatic carbocycles. The minimum Gasteiger partial charge on any atom is -0.295 e. The van der Waals surface area contributed by atoms with Crippen LogP contribution in [0.1, 0.15) is 26.3 Å². The van der Waals surface area contributed by atoms with Crippen molar-refractivity contribution in [3.8, 4) is 22.5 Å². The van der Waals surface area contributed by atoms with Crippen LogP contribution in [0.4, 0.5) is 0 Å². The van der Waals surface area contributed by atoms with Crippen molar-refractivity contribution in [2.24, 2.45) is 0 Å². The molecule has 12 rings (SSSR count). The zero-order chi connectivity index (χ0) is 28.1. The summed E-state index contributed by atoms with van der Waals surface area (Å²) in [4.78, 5) is 0. The van der Waals surface area contributed by atoms with E-state index in [2.05, 4.69) is 136 Å². The monoisotopic (exact) mass is 548 g/mol. The predicted octanol–water partition coefficient (Wildman–Crippen LogP) is 6.81. The highest BCUT2D eigenvalue weighted by atomic mass is 15.2. The number of aromatic nitrogens is 4. The summed E-state index contributed by atoms with van der Waals surface area (Å²) < 4.78 is 10.2. The molecule has 0 bridgehead atoms. The van der Waals surface area contributed by atoms with Crippen LogP contribution in [0.5, 0.6) is 0 Å². The van der Waals surface area contributed by atoms with E-state index < -0.39 is 0 Å². The lowest BCUT2D eigenvalue weighted by Gasteiger charge is -2.37. The zero-order valence-corrected chi connectivity index (χ0v) is 24.1. The van der Waals surface area contributed by atoms with E-state index in [1.54, 1.807) is 0 Å². The molecule has 4 aromatic heterocycles. The molecule has 5 heteroatoms. The first-order valence-electron chi connectivity index (χ1n) is 15.3. The van der Waals surface area contributed by atoms with Crippen LogP contribution in [0.15, 0.2) is 97.1 Å². The van der Waals surface area contributed by atoms with Gasteiger partial charge in [0, 0.05) is 22.1 Å². The van der Waals surface area contributed by atoms with E-state index >= 15 is 0 Å². The van der Waals surface area contributed by atoms with Gasteiger partial charge in [-0.05, 0) is 87.0 Å². The van der Waals surface area contributed by atoms with Gasteiger partial charge in [-0.25, -0.2) is 0 Å². The number of rotatable bonds is 0. The molecular formula is C38H25BN4. The topological polar surface area (TPSA) is 18.7 Å². The molecule has 7 heterocycles. The largest absolute Gasteiger partial charge is 0.295 e. The molecule has 4 nitrogen and oxygen atoms in total. The Bertz CT molecular complexity index is 2830. The fourth-order valence-corrected chi connectivity index (χ4v) is 9.13. The van der Waals surface area contributed by atoms with Crippen molar-refractivity contribution < 1.29 is 0 Å². The van der Waals surface area contributed by atoms with Gasteiger partial charge in [0.2, 0.25) is 0 Å². The van der Waals surface area contributed by atoms with E-state index in [9.17, 15) is 0 Å². The van der Waals surface area contributed by atoms with Crippen LogP contribution in [0.2, 0.25) is 0 Å². The third-order valence-electron chi connectivity index (χ3n) is 10.8. The third kappa shape index (κ3) is 2.10. The Kier molecular flexibility index (Phi) is 3.22. The van der Waals surface area contributed by atoms with Gasteiger partial charge >= 0.3 is 0 Å². The van der Waals surface area contributed by atoms with Crippen molar-refractivity contribution in [1.82, 2.24) is 17.9 Å². The summed E-state index contributed by atoms with van der Waals surface area (Å²) in [7, 11) is 0. The molecule has 0 amide bonds. The molecule has 5 aromatic carbocycles. The van der Waals surface area contributed by atoms with Gasteiger partial charge in [-0.1, -0.05) is 69.3 Å². The summed E-state index contributed by atoms with van der Waals surface area (Å²) in [5.41, 5.74) is 21.5. The summed E-state index contributed by atoms with van der Waals surface area (Å²) in [6.07, 6.45) is 0. The molecule has 0 atom stereocenters. The summed E-state index contributed by atoms with van der Waals surface area (Å²) in [6.45, 7) is 7.23. The second-order valence-corrected chi connectivity index (χ2v) is 13.8. The maximum Gasteiger partial charge on any atom is 0.256 e. The molecule has 0 unspecified atom stereocenters. The lowest BCUT2D eigenvalue weighted by molar-refractivity contribution is 0.589. The van der Waals surface area contributed by atoms with Crippen molar-refractivity contribution >= 4 is 78.3 Å². The van der Waals surface area contributed by atoms with Crippen LogP contribution in [0.3, 0.4) is 0 Å². The van der Waals surface area contributed by atoms with E-state index in [-0.39, 0.29) is 12.1 Å². The average molecular weight is 548 g/mol. The summed E-state index contributed by atoms with van der Waals surface area (Å²) in [5, 5.41) is 2.70. The summed E-state index contributed by atoms with van der Waals surface area (Å²) in [5.74, 6) is 0. The predicted molar refractivity (Wildman–Crippen MR) is 179 cm³/mol. The number of para-hydroxylation sites is 3. The highest BCUT2D eigenvalue weighted by Crippen LogP contribution is 2.44. The highest BCUT2D eigenvalue weighted by Gasteiger charge is 2.47. The first-order chi connectivity index (χ1) is 21.0. The highest BCUT2D eigenvalue weighted by molar-refractivity contribution is 7.03. The molecule has 43 heavy (non-hydrogen) atoms. The molecule has 200 valence electrons. The van der Waals surface area contributed by atoms with Gasteiger partial charge < -0.3 is 0 Å². The standard InChI is InChI=1S/C38H25BN4/c1-38(2,3)21-18-29-34-30(19-21)43-31-17-20-9-4-5-11-24(20)40(31)28-16-15-23-22-10-8-14-27-32(22)35(39(34)33(23)36(28)43)37-41(27)25-12-6-7-13-26(25)42(29)37/h4-19H,1-3H3. The molecule has 9 aromatic rings. The van der Waals surface area contributed by atoms with Crippen LogP contribution in [0, 0.1) is 0 Å². The average Bonchev–Trinajstić information content (AvgIpc) is 3.74. The summed E-state index contributed by atoms with van der Waals surface area (Å²) in [6, 6.07) is 36.9. The number of hydrogen-bond acceptors (Lipinski definition) is 0. The number of hydrogen-bond donors (Lipinski definition) is 0.